The first-order valence-corrected chi connectivity index (χ1v) is 10.9. The van der Waals surface area contributed by atoms with Gasteiger partial charge in [0, 0.05) is 30.2 Å². The average molecular weight is 420 g/mol. The van der Waals surface area contributed by atoms with Crippen molar-refractivity contribution in [2.24, 2.45) is 0 Å². The van der Waals surface area contributed by atoms with Gasteiger partial charge in [-0.25, -0.2) is 12.7 Å². The molecule has 2 N–H and O–H groups in total. The Labute approximate surface area is 168 Å². The van der Waals surface area contributed by atoms with Gasteiger partial charge in [-0.2, -0.15) is 0 Å². The maximum Gasteiger partial charge on any atom is 0.255 e. The van der Waals surface area contributed by atoms with Crippen molar-refractivity contribution in [2.45, 2.75) is 28.9 Å². The van der Waals surface area contributed by atoms with Gasteiger partial charge in [0.2, 0.25) is 15.9 Å². The number of carbonyl (C=O) groups is 2. The zero-order valence-electron chi connectivity index (χ0n) is 15.9. The first-order valence-electron chi connectivity index (χ1n) is 8.55. The number of hydrogen-bond acceptors (Lipinski definition) is 5. The lowest BCUT2D eigenvalue weighted by Crippen LogP contribution is -2.26. The van der Waals surface area contributed by atoms with Crippen LogP contribution in [0.1, 0.15) is 22.8 Å². The molecule has 0 aliphatic carbocycles. The third-order valence-electron chi connectivity index (χ3n) is 4.41. The molecule has 1 aliphatic rings. The van der Waals surface area contributed by atoms with Crippen molar-refractivity contribution in [1.82, 2.24) is 4.31 Å². The van der Waals surface area contributed by atoms with Crippen molar-refractivity contribution in [2.75, 3.05) is 24.7 Å². The van der Waals surface area contributed by atoms with Gasteiger partial charge < -0.3 is 10.6 Å². The number of thioether (sulfide) groups is 1. The molecule has 1 aliphatic heterocycles. The zero-order valence-corrected chi connectivity index (χ0v) is 17.6. The van der Waals surface area contributed by atoms with Gasteiger partial charge in [0.05, 0.1) is 15.8 Å². The molecule has 1 heterocycles. The summed E-state index contributed by atoms with van der Waals surface area (Å²) in [7, 11) is -0.704. The van der Waals surface area contributed by atoms with E-state index in [2.05, 4.69) is 10.6 Å². The number of fused-ring (bicyclic) bond motifs is 1. The summed E-state index contributed by atoms with van der Waals surface area (Å²) in [5.41, 5.74) is 2.12. The molecule has 3 rings (SSSR count). The molecule has 0 spiro atoms. The lowest BCUT2D eigenvalue weighted by Gasteiger charge is -2.21. The number of sulfonamides is 1. The van der Waals surface area contributed by atoms with Crippen LogP contribution in [0.15, 0.2) is 46.2 Å². The van der Waals surface area contributed by atoms with Crippen LogP contribution >= 0.6 is 11.8 Å². The SMILES string of the molecule is Cc1ccc(S(=O)(=O)N(C)C)cc1NC(=O)c1ccc2c(c1)NC(=O)[C@H](C)S2. The molecule has 0 fully saturated rings. The van der Waals surface area contributed by atoms with E-state index in [4.69, 9.17) is 0 Å². The van der Waals surface area contributed by atoms with Crippen LogP contribution < -0.4 is 10.6 Å². The molecule has 0 radical (unpaired) electrons. The number of benzene rings is 2. The fourth-order valence-electron chi connectivity index (χ4n) is 2.65. The highest BCUT2D eigenvalue weighted by Gasteiger charge is 2.24. The smallest absolute Gasteiger partial charge is 0.255 e. The van der Waals surface area contributed by atoms with E-state index >= 15 is 0 Å². The van der Waals surface area contributed by atoms with E-state index in [9.17, 15) is 18.0 Å². The molecule has 0 unspecified atom stereocenters. The molecule has 2 amide bonds. The van der Waals surface area contributed by atoms with Crippen molar-refractivity contribution < 1.29 is 18.0 Å². The minimum atomic E-state index is -3.61. The maximum atomic E-state index is 12.7. The lowest BCUT2D eigenvalue weighted by atomic mass is 10.1. The summed E-state index contributed by atoms with van der Waals surface area (Å²) < 4.78 is 25.8. The Kier molecular flexibility index (Phi) is 5.51. The Morgan fingerprint density at radius 3 is 2.57 bits per heavy atom. The molecule has 28 heavy (non-hydrogen) atoms. The summed E-state index contributed by atoms with van der Waals surface area (Å²) in [6, 6.07) is 9.70. The normalized spacial score (nSPS) is 16.5. The second-order valence-corrected chi connectivity index (χ2v) is 10.2. The van der Waals surface area contributed by atoms with E-state index in [0.717, 1.165) is 14.8 Å². The first kappa shape index (κ1) is 20.4. The summed E-state index contributed by atoms with van der Waals surface area (Å²) in [6.45, 7) is 3.61. The van der Waals surface area contributed by atoms with E-state index in [1.54, 1.807) is 31.2 Å². The Morgan fingerprint density at radius 2 is 1.89 bits per heavy atom. The molecule has 0 saturated heterocycles. The van der Waals surface area contributed by atoms with Gasteiger partial charge in [-0.1, -0.05) is 6.07 Å². The average Bonchev–Trinajstić information content (AvgIpc) is 2.63. The van der Waals surface area contributed by atoms with E-state index < -0.39 is 10.0 Å². The Balaban J connectivity index is 1.88. The minimum Gasteiger partial charge on any atom is -0.324 e. The topological polar surface area (TPSA) is 95.6 Å². The number of nitrogens with zero attached hydrogens (tertiary/aromatic N) is 1. The predicted octanol–water partition coefficient (Wildman–Crippen LogP) is 2.93. The fourth-order valence-corrected chi connectivity index (χ4v) is 4.51. The Hall–Kier alpha value is -2.36. The van der Waals surface area contributed by atoms with E-state index in [1.165, 1.54) is 38.0 Å². The number of anilines is 2. The van der Waals surface area contributed by atoms with Gasteiger partial charge in [0.1, 0.15) is 0 Å². The molecular weight excluding hydrogens is 398 g/mol. The van der Waals surface area contributed by atoms with Crippen molar-refractivity contribution in [1.29, 1.82) is 0 Å². The number of hydrogen-bond donors (Lipinski definition) is 2. The van der Waals surface area contributed by atoms with Gasteiger partial charge in [-0.05, 0) is 49.7 Å². The van der Waals surface area contributed by atoms with Crippen LogP contribution in [0, 0.1) is 6.92 Å². The predicted molar refractivity (Wildman–Crippen MR) is 110 cm³/mol. The lowest BCUT2D eigenvalue weighted by molar-refractivity contribution is -0.115. The Bertz CT molecular complexity index is 1060. The summed E-state index contributed by atoms with van der Waals surface area (Å²) >= 11 is 1.44. The van der Waals surface area contributed by atoms with E-state index in [0.29, 0.717) is 16.9 Å². The summed E-state index contributed by atoms with van der Waals surface area (Å²) in [6.07, 6.45) is 0. The van der Waals surface area contributed by atoms with E-state index in [1.807, 2.05) is 6.92 Å². The second kappa shape index (κ2) is 7.57. The highest BCUT2D eigenvalue weighted by molar-refractivity contribution is 8.01. The first-order chi connectivity index (χ1) is 13.1. The van der Waals surface area contributed by atoms with Crippen LogP contribution in [0.2, 0.25) is 0 Å². The molecule has 7 nitrogen and oxygen atoms in total. The maximum absolute atomic E-state index is 12.7. The molecule has 0 aromatic heterocycles. The van der Waals surface area contributed by atoms with Crippen LogP contribution in [-0.4, -0.2) is 43.9 Å². The number of nitrogens with one attached hydrogen (secondary N) is 2. The van der Waals surface area contributed by atoms with Gasteiger partial charge >= 0.3 is 0 Å². The molecule has 0 bridgehead atoms. The Morgan fingerprint density at radius 1 is 1.18 bits per heavy atom. The molecule has 2 aromatic carbocycles. The van der Waals surface area contributed by atoms with Crippen LogP contribution in [0.4, 0.5) is 11.4 Å². The minimum absolute atomic E-state index is 0.0986. The van der Waals surface area contributed by atoms with E-state index in [-0.39, 0.29) is 22.0 Å². The molecule has 2 aromatic rings. The van der Waals surface area contributed by atoms with Crippen molar-refractivity contribution >= 4 is 45.0 Å². The quantitative estimate of drug-likeness (QED) is 0.794. The largest absolute Gasteiger partial charge is 0.324 e. The van der Waals surface area contributed by atoms with Crippen LogP contribution in [0.5, 0.6) is 0 Å². The van der Waals surface area contributed by atoms with Crippen molar-refractivity contribution in [3.63, 3.8) is 0 Å². The van der Waals surface area contributed by atoms with Gasteiger partial charge in [0.25, 0.3) is 5.91 Å². The molecule has 9 heteroatoms. The molecule has 148 valence electrons. The highest BCUT2D eigenvalue weighted by atomic mass is 32.2. The van der Waals surface area contributed by atoms with Crippen LogP contribution in [-0.2, 0) is 14.8 Å². The summed E-state index contributed by atoms with van der Waals surface area (Å²) in [5.74, 6) is -0.490. The third kappa shape index (κ3) is 3.91. The zero-order chi connectivity index (χ0) is 20.6. The number of carbonyl (C=O) groups excluding carboxylic acids is 2. The van der Waals surface area contributed by atoms with Gasteiger partial charge in [-0.3, -0.25) is 9.59 Å². The monoisotopic (exact) mass is 419 g/mol. The molecule has 1 atom stereocenters. The number of rotatable bonds is 4. The number of amides is 2. The van der Waals surface area contributed by atoms with Gasteiger partial charge in [-0.15, -0.1) is 11.8 Å². The highest BCUT2D eigenvalue weighted by Crippen LogP contribution is 2.36. The van der Waals surface area contributed by atoms with Crippen LogP contribution in [0.25, 0.3) is 0 Å². The second-order valence-electron chi connectivity index (χ2n) is 6.68. The summed E-state index contributed by atoms with van der Waals surface area (Å²) in [5, 5.41) is 5.38. The van der Waals surface area contributed by atoms with Gasteiger partial charge in [0.15, 0.2) is 0 Å². The third-order valence-corrected chi connectivity index (χ3v) is 7.40. The standard InChI is InChI=1S/C19H21N3O4S2/c1-11-5-7-14(28(25,26)22(3)4)10-15(11)20-19(24)13-6-8-17-16(9-13)21-18(23)12(2)27-17/h5-10,12H,1-4H3,(H,20,24)(H,21,23)/t12-/m0/s1. The summed E-state index contributed by atoms with van der Waals surface area (Å²) in [4.78, 5) is 25.6. The van der Waals surface area contributed by atoms with Crippen LogP contribution in [0.3, 0.4) is 0 Å². The fraction of sp³-hybridized carbons (Fsp3) is 0.263. The molecule has 0 saturated carbocycles. The van der Waals surface area contributed by atoms with Crippen molar-refractivity contribution in [3.05, 3.63) is 47.5 Å². The number of aryl methyl sites for hydroxylation is 1. The molecular formula is C19H21N3O4S2. The van der Waals surface area contributed by atoms with Crippen molar-refractivity contribution in [3.8, 4) is 0 Å².